The Morgan fingerprint density at radius 3 is 2.53 bits per heavy atom. The summed E-state index contributed by atoms with van der Waals surface area (Å²) in [6.45, 7) is 10.5. The fourth-order valence-corrected chi connectivity index (χ4v) is 9.96. The molecule has 5 heteroatoms. The Bertz CT molecular complexity index is 995. The zero-order valence-electron chi connectivity index (χ0n) is 22.8. The van der Waals surface area contributed by atoms with Crippen LogP contribution in [-0.4, -0.2) is 45.2 Å². The zero-order valence-corrected chi connectivity index (χ0v) is 22.8. The molecule has 36 heavy (non-hydrogen) atoms. The Kier molecular flexibility index (Phi) is 6.49. The van der Waals surface area contributed by atoms with E-state index in [2.05, 4.69) is 27.7 Å². The van der Waals surface area contributed by atoms with Crippen molar-refractivity contribution in [1.82, 2.24) is 0 Å². The van der Waals surface area contributed by atoms with Crippen LogP contribution in [0.15, 0.2) is 23.3 Å². The molecule has 0 aromatic heterocycles. The number of carbonyl (C=O) groups excluding carboxylic acids is 2. The SMILES string of the molecule is CC(C)C1CCC(C)C(C2=CC(=O)C=C3CC[C@@H]4[C@H]([C@@H](O)C[C@@]5(C)[C@H]4CC[C@]5(O)C(=O)CO)[C@]32C)C1. The van der Waals surface area contributed by atoms with Crippen molar-refractivity contribution in [3.8, 4) is 0 Å². The van der Waals surface area contributed by atoms with Crippen LogP contribution >= 0.6 is 0 Å². The maximum atomic E-state index is 13.0. The normalized spacial score (nSPS) is 48.6. The monoisotopic (exact) mass is 498 g/mol. The molecular formula is C31H46O5. The van der Waals surface area contributed by atoms with E-state index in [1.165, 1.54) is 24.0 Å². The molecule has 0 saturated heterocycles. The number of hydrogen-bond acceptors (Lipinski definition) is 5. The van der Waals surface area contributed by atoms with Gasteiger partial charge in [0.1, 0.15) is 12.2 Å². The van der Waals surface area contributed by atoms with E-state index in [0.717, 1.165) is 25.7 Å². The van der Waals surface area contributed by atoms with Crippen molar-refractivity contribution >= 4 is 11.6 Å². The van der Waals surface area contributed by atoms with Crippen LogP contribution in [-0.2, 0) is 9.59 Å². The van der Waals surface area contributed by atoms with Gasteiger partial charge < -0.3 is 15.3 Å². The first-order chi connectivity index (χ1) is 16.9. The van der Waals surface area contributed by atoms with Crippen LogP contribution in [0.25, 0.3) is 0 Å². The second kappa shape index (κ2) is 8.88. The molecule has 0 aromatic carbocycles. The van der Waals surface area contributed by atoms with Gasteiger partial charge in [0, 0.05) is 16.7 Å². The number of Topliss-reactive ketones (excluding diaryl/α,β-unsaturated/α-hetero) is 1. The summed E-state index contributed by atoms with van der Waals surface area (Å²) in [6, 6.07) is 0. The lowest BCUT2D eigenvalue weighted by Gasteiger charge is -2.62. The molecule has 200 valence electrons. The molecule has 0 aromatic rings. The topological polar surface area (TPSA) is 94.8 Å². The smallest absolute Gasteiger partial charge is 0.190 e. The average molecular weight is 499 g/mol. The maximum absolute atomic E-state index is 13.0. The lowest BCUT2D eigenvalue weighted by Crippen LogP contribution is -2.62. The van der Waals surface area contributed by atoms with Crippen LogP contribution in [0.4, 0.5) is 0 Å². The zero-order chi connectivity index (χ0) is 26.2. The summed E-state index contributed by atoms with van der Waals surface area (Å²) in [4.78, 5) is 25.7. The van der Waals surface area contributed by atoms with Gasteiger partial charge in [0.05, 0.1) is 6.10 Å². The number of carbonyl (C=O) groups is 2. The van der Waals surface area contributed by atoms with Gasteiger partial charge in [-0.15, -0.1) is 0 Å². The first-order valence-corrected chi connectivity index (χ1v) is 14.4. The highest BCUT2D eigenvalue weighted by atomic mass is 16.3. The van der Waals surface area contributed by atoms with Crippen molar-refractivity contribution in [2.75, 3.05) is 6.61 Å². The molecule has 4 fully saturated rings. The summed E-state index contributed by atoms with van der Waals surface area (Å²) >= 11 is 0. The molecule has 5 aliphatic rings. The fourth-order valence-electron chi connectivity index (χ4n) is 9.96. The van der Waals surface area contributed by atoms with Gasteiger partial charge in [0.2, 0.25) is 0 Å². The lowest BCUT2D eigenvalue weighted by molar-refractivity contribution is -0.179. The standard InChI is InChI=1S/C31H46O5/c1-17(2)19-7-6-18(3)23(12-19)25-14-21(33)13-20-8-9-22-24-10-11-31(36,27(35)16-32)29(24,4)15-26(34)28(22)30(20,25)5/h13-14,17-19,22-24,26,28,32,34,36H,6-12,15-16H2,1-5H3/t18?,19?,22-,23?,24-,26-,28+,29-,30+,31-/m0/s1. The van der Waals surface area contributed by atoms with E-state index in [1.54, 1.807) is 0 Å². The predicted molar refractivity (Wildman–Crippen MR) is 139 cm³/mol. The van der Waals surface area contributed by atoms with Crippen molar-refractivity contribution in [2.24, 2.45) is 52.3 Å². The quantitative estimate of drug-likeness (QED) is 0.525. The summed E-state index contributed by atoms with van der Waals surface area (Å²) < 4.78 is 0. The second-order valence-electron chi connectivity index (χ2n) is 13.8. The number of aliphatic hydroxyl groups is 3. The molecule has 0 radical (unpaired) electrons. The lowest BCUT2D eigenvalue weighted by atomic mass is 9.43. The van der Waals surface area contributed by atoms with Gasteiger partial charge in [-0.25, -0.2) is 0 Å². The van der Waals surface area contributed by atoms with Gasteiger partial charge in [-0.05, 0) is 99.0 Å². The number of fused-ring (bicyclic) bond motifs is 5. The van der Waals surface area contributed by atoms with Crippen LogP contribution in [0.3, 0.4) is 0 Å². The van der Waals surface area contributed by atoms with E-state index >= 15 is 0 Å². The Morgan fingerprint density at radius 2 is 1.86 bits per heavy atom. The highest BCUT2D eigenvalue weighted by Gasteiger charge is 2.68. The van der Waals surface area contributed by atoms with Crippen LogP contribution in [0, 0.1) is 52.3 Å². The number of allylic oxidation sites excluding steroid dienone is 4. The number of ketones is 2. The summed E-state index contributed by atoms with van der Waals surface area (Å²) in [7, 11) is 0. The van der Waals surface area contributed by atoms with Gasteiger partial charge in [-0.2, -0.15) is 0 Å². The maximum Gasteiger partial charge on any atom is 0.190 e. The van der Waals surface area contributed by atoms with Crippen molar-refractivity contribution in [1.29, 1.82) is 0 Å². The molecule has 0 heterocycles. The van der Waals surface area contributed by atoms with E-state index in [9.17, 15) is 24.9 Å². The minimum Gasteiger partial charge on any atom is -0.393 e. The van der Waals surface area contributed by atoms with Crippen molar-refractivity contribution in [3.63, 3.8) is 0 Å². The number of aliphatic hydroxyl groups excluding tert-OH is 2. The Labute approximate surface area is 216 Å². The van der Waals surface area contributed by atoms with Gasteiger partial charge in [-0.3, -0.25) is 9.59 Å². The molecule has 5 aliphatic carbocycles. The molecule has 0 amide bonds. The molecule has 4 saturated carbocycles. The summed E-state index contributed by atoms with van der Waals surface area (Å²) in [5.74, 6) is 1.91. The van der Waals surface area contributed by atoms with Gasteiger partial charge in [-0.1, -0.05) is 45.8 Å². The molecule has 5 rings (SSSR count). The Hall–Kier alpha value is -1.30. The minimum atomic E-state index is -1.58. The van der Waals surface area contributed by atoms with Crippen molar-refractivity contribution in [2.45, 2.75) is 97.7 Å². The van der Waals surface area contributed by atoms with E-state index < -0.39 is 29.5 Å². The number of hydrogen-bond donors (Lipinski definition) is 3. The highest BCUT2D eigenvalue weighted by molar-refractivity contribution is 6.02. The Balaban J connectivity index is 1.56. The van der Waals surface area contributed by atoms with Gasteiger partial charge in [0.25, 0.3) is 0 Å². The van der Waals surface area contributed by atoms with Crippen LogP contribution < -0.4 is 0 Å². The van der Waals surface area contributed by atoms with E-state index in [0.29, 0.717) is 36.5 Å². The molecular weight excluding hydrogens is 452 g/mol. The summed E-state index contributed by atoms with van der Waals surface area (Å²) in [5.41, 5.74) is -0.302. The van der Waals surface area contributed by atoms with E-state index in [1.807, 2.05) is 19.1 Å². The Morgan fingerprint density at radius 1 is 1.14 bits per heavy atom. The molecule has 10 atom stereocenters. The van der Waals surface area contributed by atoms with E-state index in [4.69, 9.17) is 0 Å². The summed E-state index contributed by atoms with van der Waals surface area (Å²) in [5, 5.41) is 33.0. The van der Waals surface area contributed by atoms with Crippen LogP contribution in [0.5, 0.6) is 0 Å². The van der Waals surface area contributed by atoms with Crippen molar-refractivity contribution in [3.05, 3.63) is 23.3 Å². The van der Waals surface area contributed by atoms with Crippen LogP contribution in [0.2, 0.25) is 0 Å². The molecule has 0 aliphatic heterocycles. The van der Waals surface area contributed by atoms with Gasteiger partial charge >= 0.3 is 0 Å². The molecule has 3 unspecified atom stereocenters. The third-order valence-corrected chi connectivity index (χ3v) is 12.1. The predicted octanol–water partition coefficient (Wildman–Crippen LogP) is 4.64. The third-order valence-electron chi connectivity index (χ3n) is 12.1. The first kappa shape index (κ1) is 26.3. The second-order valence-corrected chi connectivity index (χ2v) is 13.8. The van der Waals surface area contributed by atoms with Crippen LogP contribution in [0.1, 0.15) is 86.0 Å². The molecule has 0 spiro atoms. The van der Waals surface area contributed by atoms with E-state index in [-0.39, 0.29) is 29.0 Å². The largest absolute Gasteiger partial charge is 0.393 e. The molecule has 0 bridgehead atoms. The highest BCUT2D eigenvalue weighted by Crippen LogP contribution is 2.69. The van der Waals surface area contributed by atoms with Gasteiger partial charge in [0.15, 0.2) is 11.6 Å². The third kappa shape index (κ3) is 3.51. The molecule has 3 N–H and O–H groups in total. The first-order valence-electron chi connectivity index (χ1n) is 14.4. The summed E-state index contributed by atoms with van der Waals surface area (Å²) in [6.07, 6.45) is 9.69. The minimum absolute atomic E-state index is 0.0341. The van der Waals surface area contributed by atoms with Crippen molar-refractivity contribution < 1.29 is 24.9 Å². The molecule has 5 nitrogen and oxygen atoms in total. The fraction of sp³-hybridized carbons (Fsp3) is 0.806. The number of rotatable bonds is 4. The average Bonchev–Trinajstić information content (AvgIpc) is 3.09.